The maximum Gasteiger partial charge on any atom is 0.258 e. The Labute approximate surface area is 161 Å². The Morgan fingerprint density at radius 1 is 1.27 bits per heavy atom. The summed E-state index contributed by atoms with van der Waals surface area (Å²) < 4.78 is 31.3. The second-order valence-electron chi connectivity index (χ2n) is 6.47. The molecular formula is C18H21BrN2O4S. The van der Waals surface area contributed by atoms with Crippen molar-refractivity contribution in [1.82, 2.24) is 9.62 Å². The van der Waals surface area contributed by atoms with Gasteiger partial charge in [-0.1, -0.05) is 28.1 Å². The first-order chi connectivity index (χ1) is 12.3. The standard InChI is InChI=1S/C18H21BrN2O4S/c1-26(23,24)21-8-2-3-16(11-21)20-18(22)12-25-17-7-5-13-9-15(19)6-4-14(13)10-17/h4-7,9-10,16H,2-3,8,11-12H2,1H3,(H,20,22)/t16-/m0/s1. The first kappa shape index (κ1) is 19.1. The van der Waals surface area contributed by atoms with Crippen molar-refractivity contribution in [3.63, 3.8) is 0 Å². The molecule has 6 nitrogen and oxygen atoms in total. The lowest BCUT2D eigenvalue weighted by Crippen LogP contribution is -2.50. The predicted octanol–water partition coefficient (Wildman–Crippen LogP) is 2.52. The fourth-order valence-electron chi connectivity index (χ4n) is 3.06. The van der Waals surface area contributed by atoms with Crippen molar-refractivity contribution >= 4 is 42.6 Å². The van der Waals surface area contributed by atoms with E-state index in [0.717, 1.165) is 28.1 Å². The Bertz CT molecular complexity index is 917. The van der Waals surface area contributed by atoms with Crippen LogP contribution in [0.15, 0.2) is 40.9 Å². The number of halogens is 1. The fraction of sp³-hybridized carbons (Fsp3) is 0.389. The van der Waals surface area contributed by atoms with Gasteiger partial charge in [-0.2, -0.15) is 0 Å². The van der Waals surface area contributed by atoms with Gasteiger partial charge in [0.1, 0.15) is 5.75 Å². The van der Waals surface area contributed by atoms with Crippen molar-refractivity contribution < 1.29 is 17.9 Å². The zero-order valence-corrected chi connectivity index (χ0v) is 16.8. The summed E-state index contributed by atoms with van der Waals surface area (Å²) in [6.07, 6.45) is 2.69. The number of hydrogen-bond acceptors (Lipinski definition) is 4. The highest BCUT2D eigenvalue weighted by Gasteiger charge is 2.26. The van der Waals surface area contributed by atoms with Gasteiger partial charge in [-0.3, -0.25) is 4.79 Å². The van der Waals surface area contributed by atoms with Crippen molar-refractivity contribution in [3.05, 3.63) is 40.9 Å². The van der Waals surface area contributed by atoms with E-state index in [1.54, 1.807) is 0 Å². The number of ether oxygens (including phenoxy) is 1. The highest BCUT2D eigenvalue weighted by Crippen LogP contribution is 2.24. The summed E-state index contributed by atoms with van der Waals surface area (Å²) in [4.78, 5) is 12.1. The molecule has 0 aromatic heterocycles. The van der Waals surface area contributed by atoms with Crippen LogP contribution in [-0.2, 0) is 14.8 Å². The Morgan fingerprint density at radius 2 is 2.00 bits per heavy atom. The van der Waals surface area contributed by atoms with Gasteiger partial charge in [-0.25, -0.2) is 12.7 Å². The van der Waals surface area contributed by atoms with Gasteiger partial charge in [-0.15, -0.1) is 0 Å². The number of hydrogen-bond donors (Lipinski definition) is 1. The molecule has 26 heavy (non-hydrogen) atoms. The minimum atomic E-state index is -3.23. The lowest BCUT2D eigenvalue weighted by atomic mass is 10.1. The SMILES string of the molecule is CS(=O)(=O)N1CCC[C@H](NC(=O)COc2ccc3cc(Br)ccc3c2)C1. The van der Waals surface area contributed by atoms with Crippen molar-refractivity contribution in [1.29, 1.82) is 0 Å². The van der Waals surface area contributed by atoms with Gasteiger partial charge in [-0.05, 0) is 47.9 Å². The largest absolute Gasteiger partial charge is 0.484 e. The van der Waals surface area contributed by atoms with E-state index in [-0.39, 0.29) is 18.6 Å². The fourth-order valence-corrected chi connectivity index (χ4v) is 4.35. The van der Waals surface area contributed by atoms with E-state index in [1.807, 2.05) is 36.4 Å². The molecule has 140 valence electrons. The van der Waals surface area contributed by atoms with Gasteiger partial charge >= 0.3 is 0 Å². The third-order valence-electron chi connectivity index (χ3n) is 4.36. The van der Waals surface area contributed by atoms with E-state index in [2.05, 4.69) is 21.2 Å². The third kappa shape index (κ3) is 4.96. The lowest BCUT2D eigenvalue weighted by Gasteiger charge is -2.31. The highest BCUT2D eigenvalue weighted by molar-refractivity contribution is 9.10. The summed E-state index contributed by atoms with van der Waals surface area (Å²) in [6, 6.07) is 11.4. The van der Waals surface area contributed by atoms with Crippen molar-refractivity contribution in [2.75, 3.05) is 26.0 Å². The molecule has 0 bridgehead atoms. The molecule has 1 amide bonds. The van der Waals surface area contributed by atoms with Gasteiger partial charge in [0.15, 0.2) is 6.61 Å². The van der Waals surface area contributed by atoms with E-state index >= 15 is 0 Å². The number of sulfonamides is 1. The summed E-state index contributed by atoms with van der Waals surface area (Å²) in [7, 11) is -3.23. The molecule has 1 atom stereocenters. The molecular weight excluding hydrogens is 420 g/mol. The zero-order valence-electron chi connectivity index (χ0n) is 14.4. The number of piperidine rings is 1. The number of amides is 1. The molecule has 8 heteroatoms. The van der Waals surface area contributed by atoms with Gasteiger partial charge in [0, 0.05) is 23.6 Å². The molecule has 1 aliphatic heterocycles. The van der Waals surface area contributed by atoms with Gasteiger partial charge in [0.2, 0.25) is 10.0 Å². The summed E-state index contributed by atoms with van der Waals surface area (Å²) in [5.74, 6) is 0.373. The van der Waals surface area contributed by atoms with Crippen molar-refractivity contribution in [2.24, 2.45) is 0 Å². The molecule has 0 aliphatic carbocycles. The van der Waals surface area contributed by atoms with Gasteiger partial charge < -0.3 is 10.1 Å². The normalized spacial score (nSPS) is 18.6. The van der Waals surface area contributed by atoms with Crippen LogP contribution >= 0.6 is 15.9 Å². The van der Waals surface area contributed by atoms with E-state index in [4.69, 9.17) is 4.74 Å². The number of rotatable bonds is 5. The summed E-state index contributed by atoms with van der Waals surface area (Å²) in [5.41, 5.74) is 0. The smallest absolute Gasteiger partial charge is 0.258 e. The minimum Gasteiger partial charge on any atom is -0.484 e. The highest BCUT2D eigenvalue weighted by atomic mass is 79.9. The van der Waals surface area contributed by atoms with Crippen LogP contribution in [0.2, 0.25) is 0 Å². The summed E-state index contributed by atoms with van der Waals surface area (Å²) in [5, 5.41) is 4.97. The molecule has 2 aromatic rings. The number of carbonyl (C=O) groups excluding carboxylic acids is 1. The molecule has 1 N–H and O–H groups in total. The molecule has 0 spiro atoms. The molecule has 0 saturated carbocycles. The Kier molecular flexibility index (Phi) is 5.84. The van der Waals surface area contributed by atoms with Crippen LogP contribution in [0, 0.1) is 0 Å². The first-order valence-corrected chi connectivity index (χ1v) is 11.0. The number of benzene rings is 2. The average Bonchev–Trinajstić information content (AvgIpc) is 2.59. The maximum absolute atomic E-state index is 12.1. The molecule has 1 saturated heterocycles. The topological polar surface area (TPSA) is 75.7 Å². The van der Waals surface area contributed by atoms with Crippen LogP contribution in [-0.4, -0.2) is 50.6 Å². The second-order valence-corrected chi connectivity index (χ2v) is 9.37. The summed E-state index contributed by atoms with van der Waals surface area (Å²) >= 11 is 3.44. The zero-order chi connectivity index (χ0) is 18.7. The molecule has 2 aromatic carbocycles. The van der Waals surface area contributed by atoms with Crippen LogP contribution in [0.5, 0.6) is 5.75 Å². The molecule has 1 fully saturated rings. The number of carbonyl (C=O) groups is 1. The van der Waals surface area contributed by atoms with Crippen molar-refractivity contribution in [3.8, 4) is 5.75 Å². The monoisotopic (exact) mass is 440 g/mol. The van der Waals surface area contributed by atoms with Gasteiger partial charge in [0.25, 0.3) is 5.91 Å². The van der Waals surface area contributed by atoms with Crippen LogP contribution in [0.3, 0.4) is 0 Å². The number of nitrogens with zero attached hydrogens (tertiary/aromatic N) is 1. The molecule has 1 heterocycles. The quantitative estimate of drug-likeness (QED) is 0.774. The van der Waals surface area contributed by atoms with E-state index < -0.39 is 10.0 Å². The van der Waals surface area contributed by atoms with E-state index in [0.29, 0.717) is 18.8 Å². The lowest BCUT2D eigenvalue weighted by molar-refractivity contribution is -0.124. The average molecular weight is 441 g/mol. The third-order valence-corrected chi connectivity index (χ3v) is 6.12. The van der Waals surface area contributed by atoms with Crippen LogP contribution in [0.1, 0.15) is 12.8 Å². The Morgan fingerprint density at radius 3 is 2.77 bits per heavy atom. The Balaban J connectivity index is 1.55. The van der Waals surface area contributed by atoms with Crippen molar-refractivity contribution in [2.45, 2.75) is 18.9 Å². The minimum absolute atomic E-state index is 0.0998. The number of fused-ring (bicyclic) bond motifs is 1. The van der Waals surface area contributed by atoms with E-state index in [1.165, 1.54) is 10.6 Å². The number of nitrogens with one attached hydrogen (secondary N) is 1. The first-order valence-electron chi connectivity index (χ1n) is 8.38. The van der Waals surface area contributed by atoms with E-state index in [9.17, 15) is 13.2 Å². The molecule has 3 rings (SSSR count). The maximum atomic E-state index is 12.1. The Hall–Kier alpha value is -1.64. The second kappa shape index (κ2) is 7.94. The molecule has 1 aliphatic rings. The van der Waals surface area contributed by atoms with Crippen LogP contribution < -0.4 is 10.1 Å². The van der Waals surface area contributed by atoms with Crippen LogP contribution in [0.25, 0.3) is 10.8 Å². The predicted molar refractivity (Wildman–Crippen MR) is 105 cm³/mol. The molecule has 0 radical (unpaired) electrons. The molecule has 0 unspecified atom stereocenters. The van der Waals surface area contributed by atoms with Crippen LogP contribution in [0.4, 0.5) is 0 Å². The van der Waals surface area contributed by atoms with Gasteiger partial charge in [0.05, 0.1) is 6.26 Å². The summed E-state index contributed by atoms with van der Waals surface area (Å²) in [6.45, 7) is 0.724.